The Morgan fingerprint density at radius 3 is 1.43 bits per heavy atom. The van der Waals surface area contributed by atoms with Crippen LogP contribution in [0.5, 0.6) is 0 Å². The minimum Gasteiger partial charge on any atom is -0.464 e. The Morgan fingerprint density at radius 1 is 0.565 bits per heavy atom. The van der Waals surface area contributed by atoms with Gasteiger partial charge in [-0.05, 0) is 25.7 Å². The number of ether oxygens (including phenoxy) is 1. The molecule has 0 unspecified atom stereocenters. The standard InChI is InChI=1S/C30H26Cl8N2O6/c1-2-3-4-5-6-9-12-46-30(45)13(40-28(43)16-17(29(40)44)21(34)25(38)24(37)20(16)33)10-7-8-11-39-26(41)14-15(27(39)42)19(32)23(36)22(35)18(14)31/h13H,2-12H2,1H3/t13-/m0/s1. The summed E-state index contributed by atoms with van der Waals surface area (Å²) in [5.41, 5.74) is -0.840. The fourth-order valence-electron chi connectivity index (χ4n) is 5.36. The highest BCUT2D eigenvalue weighted by molar-refractivity contribution is 6.56. The molecule has 0 spiro atoms. The van der Waals surface area contributed by atoms with E-state index in [0.29, 0.717) is 6.42 Å². The highest BCUT2D eigenvalue weighted by Gasteiger charge is 2.47. The Kier molecular flexibility index (Phi) is 12.8. The van der Waals surface area contributed by atoms with Crippen LogP contribution in [0.2, 0.25) is 40.2 Å². The van der Waals surface area contributed by atoms with Gasteiger partial charge in [-0.1, -0.05) is 132 Å². The van der Waals surface area contributed by atoms with Crippen LogP contribution in [0.3, 0.4) is 0 Å². The summed E-state index contributed by atoms with van der Waals surface area (Å²) in [4.78, 5) is 68.3. The van der Waals surface area contributed by atoms with Crippen molar-refractivity contribution in [1.29, 1.82) is 0 Å². The van der Waals surface area contributed by atoms with E-state index in [1.165, 1.54) is 0 Å². The van der Waals surface area contributed by atoms with Crippen molar-refractivity contribution >= 4 is 122 Å². The second-order valence-electron chi connectivity index (χ2n) is 10.7. The molecule has 2 aromatic rings. The van der Waals surface area contributed by atoms with Gasteiger partial charge in [-0.3, -0.25) is 29.0 Å². The van der Waals surface area contributed by atoms with Crippen molar-refractivity contribution < 1.29 is 28.7 Å². The fraction of sp³-hybridized carbons (Fsp3) is 0.433. The lowest BCUT2D eigenvalue weighted by Gasteiger charge is -2.25. The zero-order valence-corrected chi connectivity index (χ0v) is 30.3. The third-order valence-corrected chi connectivity index (χ3v) is 11.4. The first-order chi connectivity index (χ1) is 21.8. The van der Waals surface area contributed by atoms with Crippen LogP contribution in [-0.4, -0.2) is 58.6 Å². The van der Waals surface area contributed by atoms with Gasteiger partial charge in [-0.25, -0.2) is 4.79 Å². The molecule has 0 aliphatic carbocycles. The van der Waals surface area contributed by atoms with E-state index in [4.69, 9.17) is 97.5 Å². The summed E-state index contributed by atoms with van der Waals surface area (Å²) in [5.74, 6) is -4.00. The number of imide groups is 2. The third-order valence-electron chi connectivity index (χ3n) is 7.75. The Hall–Kier alpha value is -1.49. The van der Waals surface area contributed by atoms with Crippen LogP contribution in [0.15, 0.2) is 0 Å². The van der Waals surface area contributed by atoms with Gasteiger partial charge < -0.3 is 4.74 Å². The first-order valence-corrected chi connectivity index (χ1v) is 17.4. The van der Waals surface area contributed by atoms with E-state index in [-0.39, 0.29) is 94.8 Å². The molecule has 1 atom stereocenters. The molecule has 0 N–H and O–H groups in total. The number of esters is 1. The average molecular weight is 794 g/mol. The van der Waals surface area contributed by atoms with E-state index in [0.717, 1.165) is 41.9 Å². The van der Waals surface area contributed by atoms with E-state index in [1.807, 2.05) is 0 Å². The van der Waals surface area contributed by atoms with Crippen LogP contribution in [0.1, 0.15) is 106 Å². The van der Waals surface area contributed by atoms with Crippen molar-refractivity contribution in [1.82, 2.24) is 9.80 Å². The number of fused-ring (bicyclic) bond motifs is 2. The number of hydrogen-bond acceptors (Lipinski definition) is 6. The molecule has 0 bridgehead atoms. The van der Waals surface area contributed by atoms with Crippen LogP contribution < -0.4 is 0 Å². The predicted molar refractivity (Wildman–Crippen MR) is 181 cm³/mol. The number of carbonyl (C=O) groups is 5. The summed E-state index contributed by atoms with van der Waals surface area (Å²) in [6.45, 7) is 2.10. The van der Waals surface area contributed by atoms with Gasteiger partial charge in [0.05, 0.1) is 69.0 Å². The number of nitrogens with zero attached hydrogens (tertiary/aromatic N) is 2. The van der Waals surface area contributed by atoms with Crippen LogP contribution in [-0.2, 0) is 9.53 Å². The maximum Gasteiger partial charge on any atom is 0.329 e. The molecule has 0 saturated carbocycles. The quantitative estimate of drug-likeness (QED) is 0.0621. The van der Waals surface area contributed by atoms with Gasteiger partial charge >= 0.3 is 5.97 Å². The molecule has 248 valence electrons. The van der Waals surface area contributed by atoms with Gasteiger partial charge in [0.25, 0.3) is 23.6 Å². The molecule has 0 aromatic heterocycles. The van der Waals surface area contributed by atoms with Crippen molar-refractivity contribution in [2.45, 2.75) is 70.8 Å². The molecule has 46 heavy (non-hydrogen) atoms. The number of benzene rings is 2. The molecule has 0 fully saturated rings. The van der Waals surface area contributed by atoms with Gasteiger partial charge in [0.15, 0.2) is 0 Å². The molecule has 2 aliphatic rings. The number of carbonyl (C=O) groups excluding carboxylic acids is 5. The summed E-state index contributed by atoms with van der Waals surface area (Å²) in [7, 11) is 0. The van der Waals surface area contributed by atoms with Crippen LogP contribution in [0, 0.1) is 0 Å². The number of amides is 4. The lowest BCUT2D eigenvalue weighted by molar-refractivity contribution is -0.148. The lowest BCUT2D eigenvalue weighted by atomic mass is 10.1. The molecular formula is C30H26Cl8N2O6. The summed E-state index contributed by atoms with van der Waals surface area (Å²) in [5, 5.41) is -1.64. The number of hydrogen-bond donors (Lipinski definition) is 0. The molecule has 2 aliphatic heterocycles. The molecule has 8 nitrogen and oxygen atoms in total. The molecule has 4 amide bonds. The van der Waals surface area contributed by atoms with E-state index >= 15 is 0 Å². The van der Waals surface area contributed by atoms with E-state index < -0.39 is 35.6 Å². The summed E-state index contributed by atoms with van der Waals surface area (Å²) < 4.78 is 5.51. The van der Waals surface area contributed by atoms with Crippen molar-refractivity contribution in [3.63, 3.8) is 0 Å². The Balaban J connectivity index is 1.50. The lowest BCUT2D eigenvalue weighted by Crippen LogP contribution is -2.46. The van der Waals surface area contributed by atoms with E-state index in [2.05, 4.69) is 6.92 Å². The smallest absolute Gasteiger partial charge is 0.329 e. The fourth-order valence-corrected chi connectivity index (χ4v) is 7.39. The van der Waals surface area contributed by atoms with Crippen LogP contribution in [0.25, 0.3) is 0 Å². The van der Waals surface area contributed by atoms with Crippen LogP contribution >= 0.6 is 92.8 Å². The second-order valence-corrected chi connectivity index (χ2v) is 13.7. The minimum atomic E-state index is -1.37. The van der Waals surface area contributed by atoms with Crippen LogP contribution in [0.4, 0.5) is 0 Å². The normalized spacial score (nSPS) is 14.8. The largest absolute Gasteiger partial charge is 0.464 e. The van der Waals surface area contributed by atoms with E-state index in [1.54, 1.807) is 0 Å². The first kappa shape index (κ1) is 37.3. The SMILES string of the molecule is CCCCCCCCOC(=O)[C@H](CCCCN1C(=O)c2c(Cl)c(Cl)c(Cl)c(Cl)c2C1=O)N1C(=O)c2c(Cl)c(Cl)c(Cl)c(Cl)c2C1=O. The maximum absolute atomic E-state index is 13.5. The predicted octanol–water partition coefficient (Wildman–Crippen LogP) is 10.2. The second kappa shape index (κ2) is 15.8. The molecule has 4 rings (SSSR count). The monoisotopic (exact) mass is 790 g/mol. The van der Waals surface area contributed by atoms with Gasteiger partial charge in [-0.15, -0.1) is 0 Å². The number of halogens is 8. The van der Waals surface area contributed by atoms with Crippen molar-refractivity contribution in [3.05, 3.63) is 62.4 Å². The Morgan fingerprint density at radius 2 is 0.978 bits per heavy atom. The third kappa shape index (κ3) is 6.97. The molecule has 16 heteroatoms. The maximum atomic E-state index is 13.5. The Labute approximate surface area is 305 Å². The van der Waals surface area contributed by atoms with Crippen molar-refractivity contribution in [2.75, 3.05) is 13.2 Å². The van der Waals surface area contributed by atoms with Gasteiger partial charge in [0.1, 0.15) is 6.04 Å². The molecular weight excluding hydrogens is 768 g/mol. The molecule has 2 heterocycles. The average Bonchev–Trinajstić information content (AvgIpc) is 3.44. The Bertz CT molecular complexity index is 1540. The van der Waals surface area contributed by atoms with E-state index in [9.17, 15) is 24.0 Å². The summed E-state index contributed by atoms with van der Waals surface area (Å²) in [6.07, 6.45) is 5.99. The summed E-state index contributed by atoms with van der Waals surface area (Å²) in [6, 6.07) is -1.37. The first-order valence-electron chi connectivity index (χ1n) is 14.4. The topological polar surface area (TPSA) is 101 Å². The zero-order chi connectivity index (χ0) is 34.0. The van der Waals surface area contributed by atoms with Crippen molar-refractivity contribution in [3.8, 4) is 0 Å². The molecule has 2 aromatic carbocycles. The highest BCUT2D eigenvalue weighted by atomic mass is 35.5. The molecule has 0 saturated heterocycles. The zero-order valence-electron chi connectivity index (χ0n) is 24.2. The summed E-state index contributed by atoms with van der Waals surface area (Å²) >= 11 is 49.5. The van der Waals surface area contributed by atoms with Gasteiger partial charge in [0.2, 0.25) is 0 Å². The number of unbranched alkanes of at least 4 members (excludes halogenated alkanes) is 6. The molecule has 0 radical (unpaired) electrons. The van der Waals surface area contributed by atoms with Gasteiger partial charge in [-0.2, -0.15) is 0 Å². The van der Waals surface area contributed by atoms with Gasteiger partial charge in [0, 0.05) is 6.54 Å². The minimum absolute atomic E-state index is 0.0696. The number of rotatable bonds is 14. The van der Waals surface area contributed by atoms with Crippen molar-refractivity contribution in [2.24, 2.45) is 0 Å². The highest BCUT2D eigenvalue weighted by Crippen LogP contribution is 2.46.